The highest BCUT2D eigenvalue weighted by atomic mass is 79.9. The van der Waals surface area contributed by atoms with Gasteiger partial charge < -0.3 is 4.74 Å². The monoisotopic (exact) mass is 574 g/mol. The Hall–Kier alpha value is -2.76. The molecule has 0 unspecified atom stereocenters. The minimum Gasteiger partial charge on any atom is -0.457 e. The molecule has 0 bridgehead atoms. The second-order valence-electron chi connectivity index (χ2n) is 7.32. The lowest BCUT2D eigenvalue weighted by molar-refractivity contribution is -0.407. The normalized spacial score (nSPS) is 13.6. The van der Waals surface area contributed by atoms with Gasteiger partial charge in [0.25, 0.3) is 0 Å². The van der Waals surface area contributed by atoms with Crippen LogP contribution in [0.3, 0.4) is 0 Å². The van der Waals surface area contributed by atoms with Crippen LogP contribution in [0.4, 0.5) is 43.9 Å². The minimum absolute atomic E-state index is 0.169. The first-order valence-corrected chi connectivity index (χ1v) is 10.3. The van der Waals surface area contributed by atoms with E-state index in [0.717, 1.165) is 12.1 Å². The summed E-state index contributed by atoms with van der Waals surface area (Å²) < 4.78 is 149. The summed E-state index contributed by atoms with van der Waals surface area (Å²) in [4.78, 5) is 0. The Balaban J connectivity index is 1.96. The Labute approximate surface area is 200 Å². The van der Waals surface area contributed by atoms with Gasteiger partial charge in [0, 0.05) is 15.6 Å². The van der Waals surface area contributed by atoms with Gasteiger partial charge in [-0.15, -0.1) is 0 Å². The van der Waals surface area contributed by atoms with E-state index in [4.69, 9.17) is 4.74 Å². The molecule has 3 aromatic carbocycles. The molecule has 3 rings (SSSR count). The zero-order valence-corrected chi connectivity index (χ0v) is 18.7. The standard InChI is InChI=1S/C23H13BrF10O/c24-16-6-4-5-15(13-16)20(27,28)22(31,32)23(33,34)21(29,30)19(25,26)14-9-11-18(12-10-14)35-17-7-2-1-3-8-17/h1-13H. The average molecular weight is 575 g/mol. The molecule has 0 aliphatic rings. The topological polar surface area (TPSA) is 9.23 Å². The molecular weight excluding hydrogens is 562 g/mol. The summed E-state index contributed by atoms with van der Waals surface area (Å²) in [5.74, 6) is -32.9. The van der Waals surface area contributed by atoms with Crippen LogP contribution in [0.2, 0.25) is 0 Å². The van der Waals surface area contributed by atoms with E-state index in [9.17, 15) is 43.9 Å². The lowest BCUT2D eigenvalue weighted by atomic mass is 9.88. The SMILES string of the molecule is FC(F)(c1ccc(Oc2ccccc2)cc1)C(F)(F)C(F)(F)C(F)(F)C(F)(F)c1cccc(Br)c1. The lowest BCUT2D eigenvalue weighted by Gasteiger charge is -2.39. The van der Waals surface area contributed by atoms with E-state index in [0.29, 0.717) is 12.1 Å². The van der Waals surface area contributed by atoms with Crippen molar-refractivity contribution in [3.8, 4) is 11.5 Å². The molecule has 188 valence electrons. The predicted octanol–water partition coefficient (Wildman–Crippen LogP) is 9.03. The lowest BCUT2D eigenvalue weighted by Crippen LogP contribution is -2.65. The van der Waals surface area contributed by atoms with Crippen LogP contribution < -0.4 is 4.74 Å². The van der Waals surface area contributed by atoms with Crippen LogP contribution in [-0.2, 0) is 11.8 Å². The summed E-state index contributed by atoms with van der Waals surface area (Å²) in [5.41, 5.74) is -3.60. The molecular formula is C23H13BrF10O. The van der Waals surface area contributed by atoms with Gasteiger partial charge in [0.15, 0.2) is 0 Å². The third-order valence-corrected chi connectivity index (χ3v) is 5.45. The van der Waals surface area contributed by atoms with Gasteiger partial charge in [0.1, 0.15) is 11.5 Å². The van der Waals surface area contributed by atoms with E-state index < -0.39 is 40.7 Å². The van der Waals surface area contributed by atoms with Gasteiger partial charge in [-0.3, -0.25) is 0 Å². The molecule has 0 heterocycles. The number of rotatable bonds is 8. The predicted molar refractivity (Wildman–Crippen MR) is 110 cm³/mol. The highest BCUT2D eigenvalue weighted by Gasteiger charge is 2.86. The first-order valence-electron chi connectivity index (χ1n) is 9.54. The third kappa shape index (κ3) is 4.48. The van der Waals surface area contributed by atoms with E-state index in [-0.39, 0.29) is 40.2 Å². The van der Waals surface area contributed by atoms with Crippen molar-refractivity contribution < 1.29 is 48.6 Å². The summed E-state index contributed by atoms with van der Waals surface area (Å²) in [6.45, 7) is 0. The van der Waals surface area contributed by atoms with Gasteiger partial charge >= 0.3 is 29.6 Å². The minimum atomic E-state index is -7.19. The van der Waals surface area contributed by atoms with Gasteiger partial charge in [-0.05, 0) is 48.5 Å². The molecule has 0 saturated carbocycles. The summed E-state index contributed by atoms with van der Waals surface area (Å²) in [5, 5.41) is 0. The number of benzene rings is 3. The van der Waals surface area contributed by atoms with Crippen LogP contribution in [0.15, 0.2) is 83.3 Å². The molecule has 0 radical (unpaired) electrons. The fraction of sp³-hybridized carbons (Fsp3) is 0.217. The molecule has 12 heteroatoms. The van der Waals surface area contributed by atoms with E-state index >= 15 is 0 Å². The summed E-state index contributed by atoms with van der Waals surface area (Å²) >= 11 is 2.66. The van der Waals surface area contributed by atoms with Crippen molar-refractivity contribution in [1.29, 1.82) is 0 Å². The molecule has 0 spiro atoms. The van der Waals surface area contributed by atoms with Gasteiger partial charge in [-0.1, -0.05) is 46.3 Å². The highest BCUT2D eigenvalue weighted by Crippen LogP contribution is 2.61. The number of hydrogen-bond acceptors (Lipinski definition) is 1. The fourth-order valence-electron chi connectivity index (χ4n) is 2.99. The van der Waals surface area contributed by atoms with Crippen LogP contribution in [0.1, 0.15) is 11.1 Å². The van der Waals surface area contributed by atoms with Crippen LogP contribution in [-0.4, -0.2) is 17.8 Å². The maximum absolute atomic E-state index is 14.5. The molecule has 0 aliphatic heterocycles. The van der Waals surface area contributed by atoms with Crippen molar-refractivity contribution in [1.82, 2.24) is 0 Å². The Kier molecular flexibility index (Phi) is 6.93. The molecule has 0 aromatic heterocycles. The van der Waals surface area contributed by atoms with E-state index in [1.807, 2.05) is 0 Å². The molecule has 0 saturated heterocycles. The van der Waals surface area contributed by atoms with Crippen LogP contribution in [0.25, 0.3) is 0 Å². The Morgan fingerprint density at radius 1 is 0.486 bits per heavy atom. The van der Waals surface area contributed by atoms with Crippen LogP contribution in [0, 0.1) is 0 Å². The van der Waals surface area contributed by atoms with E-state index in [1.165, 1.54) is 12.1 Å². The average Bonchev–Trinajstić information content (AvgIpc) is 2.79. The number of ether oxygens (including phenoxy) is 1. The summed E-state index contributed by atoms with van der Waals surface area (Å²) in [6.07, 6.45) is 0. The fourth-order valence-corrected chi connectivity index (χ4v) is 3.39. The van der Waals surface area contributed by atoms with Crippen LogP contribution in [0.5, 0.6) is 11.5 Å². The Morgan fingerprint density at radius 3 is 1.49 bits per heavy atom. The number of alkyl halides is 10. The van der Waals surface area contributed by atoms with Crippen molar-refractivity contribution in [3.05, 3.63) is 94.5 Å². The Bertz CT molecular complexity index is 1160. The summed E-state index contributed by atoms with van der Waals surface area (Å²) in [6, 6.07) is 12.0. The van der Waals surface area contributed by atoms with Crippen molar-refractivity contribution in [2.75, 3.05) is 0 Å². The molecule has 0 fully saturated rings. The summed E-state index contributed by atoms with van der Waals surface area (Å²) in [7, 11) is 0. The first kappa shape index (κ1) is 26.8. The van der Waals surface area contributed by atoms with E-state index in [1.54, 1.807) is 18.2 Å². The second kappa shape index (κ2) is 9.03. The molecule has 1 nitrogen and oxygen atoms in total. The van der Waals surface area contributed by atoms with Crippen LogP contribution >= 0.6 is 15.9 Å². The quantitative estimate of drug-likeness (QED) is 0.244. The van der Waals surface area contributed by atoms with Gasteiger partial charge in [0.05, 0.1) is 0 Å². The third-order valence-electron chi connectivity index (χ3n) is 4.96. The molecule has 35 heavy (non-hydrogen) atoms. The molecule has 0 aliphatic carbocycles. The maximum Gasteiger partial charge on any atom is 0.385 e. The smallest absolute Gasteiger partial charge is 0.385 e. The molecule has 3 aromatic rings. The van der Waals surface area contributed by atoms with Gasteiger partial charge in [-0.2, -0.15) is 43.9 Å². The first-order chi connectivity index (χ1) is 16.1. The second-order valence-corrected chi connectivity index (χ2v) is 8.24. The molecule has 0 amide bonds. The van der Waals surface area contributed by atoms with Crippen molar-refractivity contribution in [2.24, 2.45) is 0 Å². The molecule has 0 N–H and O–H groups in total. The Morgan fingerprint density at radius 2 is 0.971 bits per heavy atom. The number of halogens is 11. The number of para-hydroxylation sites is 1. The zero-order valence-electron chi connectivity index (χ0n) is 17.1. The largest absolute Gasteiger partial charge is 0.457 e. The van der Waals surface area contributed by atoms with Crippen molar-refractivity contribution in [3.63, 3.8) is 0 Å². The van der Waals surface area contributed by atoms with Gasteiger partial charge in [-0.25, -0.2) is 0 Å². The highest BCUT2D eigenvalue weighted by molar-refractivity contribution is 9.10. The van der Waals surface area contributed by atoms with Crippen molar-refractivity contribution >= 4 is 15.9 Å². The van der Waals surface area contributed by atoms with E-state index in [2.05, 4.69) is 15.9 Å². The van der Waals surface area contributed by atoms with Crippen molar-refractivity contribution in [2.45, 2.75) is 29.6 Å². The number of hydrogen-bond donors (Lipinski definition) is 0. The zero-order chi connectivity index (χ0) is 26.3. The molecule has 0 atom stereocenters. The van der Waals surface area contributed by atoms with Gasteiger partial charge in [0.2, 0.25) is 0 Å². The maximum atomic E-state index is 14.5.